The second kappa shape index (κ2) is 64.7. The van der Waals surface area contributed by atoms with Gasteiger partial charge in [0.2, 0.25) is 0 Å². The molecule has 0 aromatic carbocycles. The Morgan fingerprint density at radius 3 is 0.731 bits per heavy atom. The molecule has 2 unspecified atom stereocenters. The van der Waals surface area contributed by atoms with Gasteiger partial charge in [-0.2, -0.15) is 0 Å². The number of carbonyl (C=O) groups is 4. The fourth-order valence-corrected chi connectivity index (χ4v) is 12.8. The predicted molar refractivity (Wildman–Crippen MR) is 377 cm³/mol. The van der Waals surface area contributed by atoms with Crippen LogP contribution in [0.25, 0.3) is 0 Å². The summed E-state index contributed by atoms with van der Waals surface area (Å²) in [6.07, 6.45) is 50.1. The minimum atomic E-state index is -4.96. The molecule has 0 fully saturated rings. The van der Waals surface area contributed by atoms with Crippen molar-refractivity contribution in [3.8, 4) is 0 Å². The molecule has 3 N–H and O–H groups in total. The van der Waals surface area contributed by atoms with Crippen LogP contribution in [0.15, 0.2) is 0 Å². The van der Waals surface area contributed by atoms with E-state index in [0.717, 1.165) is 108 Å². The first kappa shape index (κ1) is 91.1. The molecular weight excluding hydrogens is 1220 g/mol. The summed E-state index contributed by atoms with van der Waals surface area (Å²) in [6.45, 7) is 11.8. The van der Waals surface area contributed by atoms with Crippen molar-refractivity contribution in [2.24, 2.45) is 17.8 Å². The van der Waals surface area contributed by atoms with Crippen LogP contribution in [-0.4, -0.2) is 96.7 Å². The lowest BCUT2D eigenvalue weighted by atomic mass is 10.0. The fourth-order valence-electron chi connectivity index (χ4n) is 11.2. The molecule has 0 bridgehead atoms. The van der Waals surface area contributed by atoms with Crippen molar-refractivity contribution in [1.82, 2.24) is 0 Å². The SMILES string of the molecule is CCCCCCCCCCCCCCCCCCC(=O)OC[C@H](COP(=O)(O)OC[C@@H](O)COP(=O)(O)OC[C@@H](COC(=O)CCCCCCCCCC(C)C)OC(=O)CCCCCCCCCCC(C)C)OC(=O)CCCCCCCCCCCCCCCC(C)C. The third-order valence-electron chi connectivity index (χ3n) is 17.1. The number of phosphoric ester groups is 2. The maximum absolute atomic E-state index is 13.1. The average Bonchev–Trinajstić information content (AvgIpc) is 2.81. The smallest absolute Gasteiger partial charge is 0.462 e. The molecule has 0 heterocycles. The van der Waals surface area contributed by atoms with Crippen LogP contribution in [0, 0.1) is 17.8 Å². The minimum absolute atomic E-state index is 0.104. The van der Waals surface area contributed by atoms with Crippen LogP contribution in [0.1, 0.15) is 376 Å². The average molecular weight is 1370 g/mol. The maximum atomic E-state index is 13.1. The second-order valence-electron chi connectivity index (χ2n) is 28.1. The van der Waals surface area contributed by atoms with Crippen molar-refractivity contribution < 1.29 is 80.2 Å². The molecule has 0 radical (unpaired) electrons. The van der Waals surface area contributed by atoms with E-state index in [2.05, 4.69) is 48.5 Å². The minimum Gasteiger partial charge on any atom is -0.462 e. The van der Waals surface area contributed by atoms with Crippen LogP contribution in [0.2, 0.25) is 0 Å². The molecule has 19 heteroatoms. The molecule has 0 aromatic rings. The third-order valence-corrected chi connectivity index (χ3v) is 19.0. The van der Waals surface area contributed by atoms with Gasteiger partial charge in [-0.15, -0.1) is 0 Å². The predicted octanol–water partition coefficient (Wildman–Crippen LogP) is 21.4. The van der Waals surface area contributed by atoms with Gasteiger partial charge in [0.05, 0.1) is 26.4 Å². The number of esters is 4. The van der Waals surface area contributed by atoms with Crippen LogP contribution in [0.3, 0.4) is 0 Å². The summed E-state index contributed by atoms with van der Waals surface area (Å²) in [4.78, 5) is 72.7. The van der Waals surface area contributed by atoms with Crippen molar-refractivity contribution >= 4 is 39.5 Å². The zero-order valence-electron chi connectivity index (χ0n) is 60.7. The van der Waals surface area contributed by atoms with Crippen molar-refractivity contribution in [3.63, 3.8) is 0 Å². The fraction of sp³-hybridized carbons (Fsp3) is 0.946. The van der Waals surface area contributed by atoms with Crippen LogP contribution < -0.4 is 0 Å². The topological polar surface area (TPSA) is 237 Å². The van der Waals surface area contributed by atoms with E-state index in [0.29, 0.717) is 31.6 Å². The summed E-state index contributed by atoms with van der Waals surface area (Å²) in [5.74, 6) is 0.0874. The quantitative estimate of drug-likeness (QED) is 0.0222. The Morgan fingerprint density at radius 2 is 0.495 bits per heavy atom. The number of unbranched alkanes of at least 4 members (excludes halogenated alkanes) is 40. The van der Waals surface area contributed by atoms with Gasteiger partial charge in [-0.1, -0.05) is 325 Å². The lowest BCUT2D eigenvalue weighted by molar-refractivity contribution is -0.161. The van der Waals surface area contributed by atoms with E-state index < -0.39 is 97.5 Å². The molecule has 0 rings (SSSR count). The van der Waals surface area contributed by atoms with E-state index in [4.69, 9.17) is 37.0 Å². The molecule has 0 aromatic heterocycles. The number of hydrogen-bond acceptors (Lipinski definition) is 15. The Morgan fingerprint density at radius 1 is 0.290 bits per heavy atom. The Balaban J connectivity index is 5.24. The molecule has 5 atom stereocenters. The number of hydrogen-bond donors (Lipinski definition) is 3. The summed E-state index contributed by atoms with van der Waals surface area (Å²) < 4.78 is 68.4. The summed E-state index contributed by atoms with van der Waals surface area (Å²) >= 11 is 0. The molecule has 93 heavy (non-hydrogen) atoms. The number of aliphatic hydroxyl groups is 1. The number of rotatable bonds is 72. The van der Waals surface area contributed by atoms with Gasteiger partial charge in [-0.3, -0.25) is 37.3 Å². The van der Waals surface area contributed by atoms with Crippen molar-refractivity contribution in [3.05, 3.63) is 0 Å². The molecule has 552 valence electrons. The summed E-state index contributed by atoms with van der Waals surface area (Å²) in [5, 5.41) is 10.6. The van der Waals surface area contributed by atoms with Crippen molar-refractivity contribution in [2.45, 2.75) is 394 Å². The van der Waals surface area contributed by atoms with E-state index in [1.807, 2.05) is 0 Å². The largest absolute Gasteiger partial charge is 0.472 e. The summed E-state index contributed by atoms with van der Waals surface area (Å²) in [7, 11) is -9.91. The summed E-state index contributed by atoms with van der Waals surface area (Å²) in [6, 6.07) is 0. The first-order valence-electron chi connectivity index (χ1n) is 38.3. The molecule has 0 aliphatic rings. The molecule has 0 spiro atoms. The van der Waals surface area contributed by atoms with E-state index in [1.54, 1.807) is 0 Å². The number of phosphoric acid groups is 2. The van der Waals surface area contributed by atoms with Gasteiger partial charge in [-0.05, 0) is 43.4 Å². The maximum Gasteiger partial charge on any atom is 0.472 e. The lowest BCUT2D eigenvalue weighted by Gasteiger charge is -2.21. The van der Waals surface area contributed by atoms with Gasteiger partial charge in [0.1, 0.15) is 19.3 Å². The molecular formula is C74H144O17P2. The van der Waals surface area contributed by atoms with Crippen LogP contribution in [-0.2, 0) is 65.4 Å². The van der Waals surface area contributed by atoms with Crippen LogP contribution in [0.4, 0.5) is 0 Å². The monoisotopic (exact) mass is 1370 g/mol. The van der Waals surface area contributed by atoms with Gasteiger partial charge in [0, 0.05) is 25.7 Å². The van der Waals surface area contributed by atoms with Gasteiger partial charge < -0.3 is 33.8 Å². The molecule has 0 aliphatic carbocycles. The second-order valence-corrected chi connectivity index (χ2v) is 31.0. The molecule has 0 saturated carbocycles. The van der Waals surface area contributed by atoms with E-state index >= 15 is 0 Å². The van der Waals surface area contributed by atoms with Crippen LogP contribution >= 0.6 is 15.6 Å². The molecule has 17 nitrogen and oxygen atoms in total. The van der Waals surface area contributed by atoms with Gasteiger partial charge in [-0.25, -0.2) is 9.13 Å². The zero-order valence-corrected chi connectivity index (χ0v) is 62.5. The third kappa shape index (κ3) is 68.4. The Hall–Kier alpha value is -1.94. The molecule has 0 saturated heterocycles. The van der Waals surface area contributed by atoms with Crippen molar-refractivity contribution in [2.75, 3.05) is 39.6 Å². The van der Waals surface area contributed by atoms with E-state index in [9.17, 15) is 43.2 Å². The van der Waals surface area contributed by atoms with E-state index in [-0.39, 0.29) is 25.7 Å². The Labute approximate surface area is 568 Å². The highest BCUT2D eigenvalue weighted by Gasteiger charge is 2.30. The Bertz CT molecular complexity index is 1820. The van der Waals surface area contributed by atoms with E-state index in [1.165, 1.54) is 180 Å². The van der Waals surface area contributed by atoms with Crippen molar-refractivity contribution in [1.29, 1.82) is 0 Å². The van der Waals surface area contributed by atoms with Gasteiger partial charge >= 0.3 is 39.5 Å². The molecule has 0 amide bonds. The number of carbonyl (C=O) groups excluding carboxylic acids is 4. The standard InChI is InChI=1S/C74H144O17P2/c1-8-9-10-11-12-13-14-15-16-17-20-23-26-34-41-48-55-71(76)84-61-69(90-73(78)57-50-43-35-27-24-21-18-19-22-25-31-38-45-52-65(2)3)63-88-92(80,81)86-59-68(75)60-87-93(82,83)89-64-70(62-85-72(77)56-49-42-37-30-33-40-47-54-67(6)7)91-74(79)58-51-44-36-29-28-32-39-46-53-66(4)5/h65-70,75H,8-64H2,1-7H3,(H,80,81)(H,82,83)/t68-,69-,70-/m1/s1. The number of aliphatic hydroxyl groups excluding tert-OH is 1. The van der Waals surface area contributed by atoms with Gasteiger partial charge in [0.25, 0.3) is 0 Å². The normalized spacial score (nSPS) is 14.1. The first-order chi connectivity index (χ1) is 44.7. The lowest BCUT2D eigenvalue weighted by Crippen LogP contribution is -2.30. The highest BCUT2D eigenvalue weighted by atomic mass is 31.2. The zero-order chi connectivity index (χ0) is 68.7. The van der Waals surface area contributed by atoms with Crippen LogP contribution in [0.5, 0.6) is 0 Å². The summed E-state index contributed by atoms with van der Waals surface area (Å²) in [5.41, 5.74) is 0. The highest BCUT2D eigenvalue weighted by molar-refractivity contribution is 7.47. The molecule has 0 aliphatic heterocycles. The highest BCUT2D eigenvalue weighted by Crippen LogP contribution is 2.45. The first-order valence-corrected chi connectivity index (χ1v) is 41.3. The number of ether oxygens (including phenoxy) is 4. The Kier molecular flexibility index (Phi) is 63.4. The van der Waals surface area contributed by atoms with Gasteiger partial charge in [0.15, 0.2) is 12.2 Å².